The molecule has 0 spiro atoms. The van der Waals surface area contributed by atoms with E-state index in [0.717, 1.165) is 56.3 Å². The van der Waals surface area contributed by atoms with Gasteiger partial charge in [0.15, 0.2) is 0 Å². The van der Waals surface area contributed by atoms with Crippen LogP contribution in [-0.4, -0.2) is 49.6 Å². The summed E-state index contributed by atoms with van der Waals surface area (Å²) >= 11 is 0. The molecule has 3 rings (SSSR count). The number of rotatable bonds is 3. The molecule has 0 amide bonds. The zero-order valence-corrected chi connectivity index (χ0v) is 14.8. The highest BCUT2D eigenvalue weighted by atomic mass is 19.4. The third kappa shape index (κ3) is 3.33. The molecule has 134 valence electrons. The molecule has 2 atom stereocenters. The lowest BCUT2D eigenvalue weighted by Gasteiger charge is -2.47. The number of fused-ring (bicyclic) bond motifs is 1. The summed E-state index contributed by atoms with van der Waals surface area (Å²) in [5, 5.41) is 0. The normalized spacial score (nSPS) is 28.4. The second-order valence-corrected chi connectivity index (χ2v) is 7.81. The van der Waals surface area contributed by atoms with E-state index in [4.69, 9.17) is 0 Å². The summed E-state index contributed by atoms with van der Waals surface area (Å²) in [7, 11) is 6.37. The molecule has 0 unspecified atom stereocenters. The number of aryl methyl sites for hydroxylation is 1. The maximum Gasteiger partial charge on any atom is 0.416 e. The summed E-state index contributed by atoms with van der Waals surface area (Å²) in [5.74, 6) is 0.233. The molecule has 2 nitrogen and oxygen atoms in total. The number of piperidine rings is 1. The largest absolute Gasteiger partial charge is 0.416 e. The molecule has 24 heavy (non-hydrogen) atoms. The summed E-state index contributed by atoms with van der Waals surface area (Å²) in [6.45, 7) is 2.10. The smallest absolute Gasteiger partial charge is 0.305 e. The van der Waals surface area contributed by atoms with Gasteiger partial charge in [0.05, 0.1) is 5.56 Å². The van der Waals surface area contributed by atoms with Crippen LogP contribution in [0.5, 0.6) is 0 Å². The Morgan fingerprint density at radius 1 is 1.29 bits per heavy atom. The van der Waals surface area contributed by atoms with Crippen LogP contribution < -0.4 is 0 Å². The minimum Gasteiger partial charge on any atom is -0.305 e. The zero-order chi connectivity index (χ0) is 17.5. The molecule has 2 aliphatic rings. The molecule has 1 aromatic rings. The lowest BCUT2D eigenvalue weighted by Crippen LogP contribution is -2.55. The number of hydrogen-bond donors (Lipinski definition) is 0. The average Bonchev–Trinajstić information content (AvgIpc) is 2.88. The Balaban J connectivity index is 1.87. The first-order chi connectivity index (χ1) is 11.2. The molecule has 0 N–H and O–H groups in total. The van der Waals surface area contributed by atoms with Crippen LogP contribution in [0.1, 0.15) is 48.3 Å². The quantitative estimate of drug-likeness (QED) is 0.815. The van der Waals surface area contributed by atoms with Crippen LogP contribution in [0.4, 0.5) is 13.2 Å². The van der Waals surface area contributed by atoms with Crippen LogP contribution in [0.15, 0.2) is 18.2 Å². The lowest BCUT2D eigenvalue weighted by atomic mass is 9.78. The minimum atomic E-state index is -4.26. The average molecular weight is 340 g/mol. The molecule has 0 saturated carbocycles. The highest BCUT2D eigenvalue weighted by Gasteiger charge is 2.41. The molecule has 1 fully saturated rings. The third-order valence-electron chi connectivity index (χ3n) is 6.00. The van der Waals surface area contributed by atoms with Crippen molar-refractivity contribution in [1.82, 2.24) is 9.80 Å². The summed E-state index contributed by atoms with van der Waals surface area (Å²) in [6, 6.07) is 4.33. The van der Waals surface area contributed by atoms with E-state index in [9.17, 15) is 13.2 Å². The van der Waals surface area contributed by atoms with E-state index in [2.05, 4.69) is 30.9 Å². The highest BCUT2D eigenvalue weighted by Crippen LogP contribution is 2.44. The maximum absolute atomic E-state index is 13.1. The van der Waals surface area contributed by atoms with Gasteiger partial charge in [0.2, 0.25) is 0 Å². The fourth-order valence-electron chi connectivity index (χ4n) is 4.59. The Morgan fingerprint density at radius 2 is 2.04 bits per heavy atom. The minimum absolute atomic E-state index is 0.0630. The van der Waals surface area contributed by atoms with E-state index < -0.39 is 11.7 Å². The summed E-state index contributed by atoms with van der Waals surface area (Å²) in [4.78, 5) is 4.65. The van der Waals surface area contributed by atoms with E-state index in [1.807, 2.05) is 0 Å². The number of benzene rings is 1. The fourth-order valence-corrected chi connectivity index (χ4v) is 4.59. The van der Waals surface area contributed by atoms with E-state index in [0.29, 0.717) is 0 Å². The highest BCUT2D eigenvalue weighted by molar-refractivity contribution is 5.39. The van der Waals surface area contributed by atoms with Gasteiger partial charge in [-0.25, -0.2) is 0 Å². The van der Waals surface area contributed by atoms with Crippen molar-refractivity contribution in [1.29, 1.82) is 0 Å². The van der Waals surface area contributed by atoms with Crippen molar-refractivity contribution in [3.63, 3.8) is 0 Å². The molecule has 0 radical (unpaired) electrons. The fraction of sp³-hybridized carbons (Fsp3) is 0.684. The molecule has 1 aliphatic carbocycles. The standard InChI is InChI=1S/C19H27F3N2/c1-23(2)18(9-4-10-24(3)13-18)12-15-6-5-14-7-8-16(11-17(14)15)19(20,21)22/h7-8,11,15H,4-6,9-10,12-13H2,1-3H3/t15-,18+/m0/s1. The van der Waals surface area contributed by atoms with Crippen molar-refractivity contribution in [3.8, 4) is 0 Å². The lowest BCUT2D eigenvalue weighted by molar-refractivity contribution is -0.137. The van der Waals surface area contributed by atoms with Crippen molar-refractivity contribution in [2.24, 2.45) is 0 Å². The van der Waals surface area contributed by atoms with E-state index in [-0.39, 0.29) is 11.5 Å². The van der Waals surface area contributed by atoms with Crippen molar-refractivity contribution < 1.29 is 13.2 Å². The molecule has 1 heterocycles. The Labute approximate surface area is 142 Å². The van der Waals surface area contributed by atoms with Crippen LogP contribution in [0.3, 0.4) is 0 Å². The van der Waals surface area contributed by atoms with Gasteiger partial charge in [-0.1, -0.05) is 6.07 Å². The second kappa shape index (κ2) is 6.34. The molecule has 5 heteroatoms. The topological polar surface area (TPSA) is 6.48 Å². The van der Waals surface area contributed by atoms with Crippen LogP contribution in [0.25, 0.3) is 0 Å². The van der Waals surface area contributed by atoms with Crippen LogP contribution in [0, 0.1) is 0 Å². The molecule has 0 aromatic heterocycles. The van der Waals surface area contributed by atoms with E-state index >= 15 is 0 Å². The third-order valence-corrected chi connectivity index (χ3v) is 6.00. The van der Waals surface area contributed by atoms with Crippen LogP contribution >= 0.6 is 0 Å². The number of nitrogens with zero attached hydrogens (tertiary/aromatic N) is 2. The monoisotopic (exact) mass is 340 g/mol. The van der Waals surface area contributed by atoms with Gasteiger partial charge in [-0.3, -0.25) is 0 Å². The number of hydrogen-bond acceptors (Lipinski definition) is 2. The first-order valence-electron chi connectivity index (χ1n) is 8.77. The first kappa shape index (κ1) is 17.7. The van der Waals surface area contributed by atoms with Gasteiger partial charge >= 0.3 is 6.18 Å². The number of likely N-dealkylation sites (N-methyl/N-ethyl adjacent to an activating group) is 2. The van der Waals surface area contributed by atoms with Crippen molar-refractivity contribution in [2.75, 3.05) is 34.2 Å². The molecule has 1 saturated heterocycles. The SMILES string of the molecule is CN1CCC[C@](C[C@@H]2CCc3ccc(C(F)(F)F)cc32)(N(C)C)C1. The van der Waals surface area contributed by atoms with Crippen molar-refractivity contribution in [2.45, 2.75) is 49.7 Å². The molecule has 1 aromatic carbocycles. The number of likely N-dealkylation sites (tertiary alicyclic amines) is 1. The van der Waals surface area contributed by atoms with Crippen molar-refractivity contribution in [3.05, 3.63) is 34.9 Å². The maximum atomic E-state index is 13.1. The predicted octanol–water partition coefficient (Wildman–Crippen LogP) is 4.15. The van der Waals surface area contributed by atoms with Gasteiger partial charge in [-0.05, 0) is 89.0 Å². The van der Waals surface area contributed by atoms with Gasteiger partial charge < -0.3 is 9.80 Å². The van der Waals surface area contributed by atoms with Gasteiger partial charge in [0.1, 0.15) is 0 Å². The molecular formula is C19H27F3N2. The predicted molar refractivity (Wildman–Crippen MR) is 90.3 cm³/mol. The molecular weight excluding hydrogens is 313 g/mol. The Kier molecular flexibility index (Phi) is 4.69. The first-order valence-corrected chi connectivity index (χ1v) is 8.77. The summed E-state index contributed by atoms with van der Waals surface area (Å²) in [6.07, 6.45) is 0.824. The Hall–Kier alpha value is -1.07. The Morgan fingerprint density at radius 3 is 2.67 bits per heavy atom. The van der Waals surface area contributed by atoms with Gasteiger partial charge in [-0.15, -0.1) is 0 Å². The van der Waals surface area contributed by atoms with E-state index in [1.54, 1.807) is 6.07 Å². The summed E-state index contributed by atoms with van der Waals surface area (Å²) < 4.78 is 39.2. The Bertz CT molecular complexity index is 597. The number of alkyl halides is 3. The summed E-state index contributed by atoms with van der Waals surface area (Å²) in [5.41, 5.74) is 1.59. The van der Waals surface area contributed by atoms with Crippen LogP contribution in [-0.2, 0) is 12.6 Å². The van der Waals surface area contributed by atoms with Crippen molar-refractivity contribution >= 4 is 0 Å². The van der Waals surface area contributed by atoms with Gasteiger partial charge in [-0.2, -0.15) is 13.2 Å². The van der Waals surface area contributed by atoms with Crippen LogP contribution in [0.2, 0.25) is 0 Å². The van der Waals surface area contributed by atoms with E-state index in [1.165, 1.54) is 12.1 Å². The van der Waals surface area contributed by atoms with Gasteiger partial charge in [0.25, 0.3) is 0 Å². The molecule has 1 aliphatic heterocycles. The van der Waals surface area contributed by atoms with Gasteiger partial charge in [0, 0.05) is 12.1 Å². The number of halogens is 3. The zero-order valence-electron chi connectivity index (χ0n) is 14.8. The second-order valence-electron chi connectivity index (χ2n) is 7.81. The molecule has 0 bridgehead atoms.